The van der Waals surface area contributed by atoms with E-state index < -0.39 is 0 Å². The lowest BCUT2D eigenvalue weighted by Gasteiger charge is -2.07. The summed E-state index contributed by atoms with van der Waals surface area (Å²) in [6, 6.07) is 6.72. The molecule has 0 unspecified atom stereocenters. The van der Waals surface area contributed by atoms with Crippen molar-refractivity contribution in [3.05, 3.63) is 53.6 Å². The van der Waals surface area contributed by atoms with E-state index in [1.54, 1.807) is 31.2 Å². The maximum atomic E-state index is 12.0. The molecule has 0 atom stereocenters. The van der Waals surface area contributed by atoms with Crippen molar-refractivity contribution in [2.24, 2.45) is 0 Å². The van der Waals surface area contributed by atoms with Crippen molar-refractivity contribution in [1.29, 1.82) is 0 Å². The molecule has 1 heterocycles. The second-order valence-electron chi connectivity index (χ2n) is 4.44. The molecule has 0 aliphatic carbocycles. The van der Waals surface area contributed by atoms with Gasteiger partial charge in [-0.15, -0.1) is 0 Å². The van der Waals surface area contributed by atoms with Gasteiger partial charge in [0.25, 0.3) is 11.8 Å². The number of amides is 2. The molecule has 0 aliphatic rings. The third kappa shape index (κ3) is 3.85. The Kier molecular flexibility index (Phi) is 4.61. The fraction of sp³-hybridized carbons (Fsp3) is 0.200. The number of nitrogens with zero attached hydrogens (tertiary/aromatic N) is 2. The summed E-state index contributed by atoms with van der Waals surface area (Å²) in [5.41, 5.74) is 1.99. The van der Waals surface area contributed by atoms with E-state index in [-0.39, 0.29) is 17.5 Å². The summed E-state index contributed by atoms with van der Waals surface area (Å²) in [5, 5.41) is 5.40. The number of carbonyl (C=O) groups excluding carboxylic acids is 2. The number of hydrogen-bond donors (Lipinski definition) is 2. The van der Waals surface area contributed by atoms with Crippen LogP contribution in [0.5, 0.6) is 0 Å². The molecule has 2 N–H and O–H groups in total. The lowest BCUT2D eigenvalue weighted by Crippen LogP contribution is -2.22. The van der Waals surface area contributed by atoms with Gasteiger partial charge in [-0.2, -0.15) is 0 Å². The summed E-state index contributed by atoms with van der Waals surface area (Å²) in [6.45, 7) is 4.19. The molecular weight excluding hydrogens is 268 g/mol. The highest BCUT2D eigenvalue weighted by Crippen LogP contribution is 2.11. The number of hydrogen-bond acceptors (Lipinski definition) is 4. The molecule has 6 nitrogen and oxygen atoms in total. The van der Waals surface area contributed by atoms with Crippen molar-refractivity contribution in [3.63, 3.8) is 0 Å². The molecule has 0 bridgehead atoms. The van der Waals surface area contributed by atoms with Crippen molar-refractivity contribution in [1.82, 2.24) is 15.3 Å². The molecule has 0 spiro atoms. The molecule has 0 aliphatic heterocycles. The summed E-state index contributed by atoms with van der Waals surface area (Å²) in [5.74, 6) is -0.542. The first-order chi connectivity index (χ1) is 10.1. The molecule has 2 rings (SSSR count). The summed E-state index contributed by atoms with van der Waals surface area (Å²) in [4.78, 5) is 31.8. The number of aromatic nitrogens is 2. The van der Waals surface area contributed by atoms with Gasteiger partial charge in [0.1, 0.15) is 5.69 Å². The van der Waals surface area contributed by atoms with Gasteiger partial charge in [0, 0.05) is 24.0 Å². The molecule has 0 fully saturated rings. The number of carbonyl (C=O) groups is 2. The molecule has 108 valence electrons. The van der Waals surface area contributed by atoms with Gasteiger partial charge >= 0.3 is 0 Å². The average Bonchev–Trinajstić information content (AvgIpc) is 2.48. The zero-order chi connectivity index (χ0) is 15.2. The lowest BCUT2D eigenvalue weighted by atomic mass is 10.2. The van der Waals surface area contributed by atoms with E-state index in [4.69, 9.17) is 0 Å². The molecule has 2 aromatic rings. The van der Waals surface area contributed by atoms with Crippen LogP contribution in [0.25, 0.3) is 0 Å². The number of anilines is 1. The Labute approximate surface area is 122 Å². The topological polar surface area (TPSA) is 84.0 Å². The highest BCUT2D eigenvalue weighted by atomic mass is 16.2. The van der Waals surface area contributed by atoms with Crippen molar-refractivity contribution in [2.45, 2.75) is 13.8 Å². The standard InChI is InChI=1S/C15H16N4O2/c1-3-16-14(20)11-5-4-6-12(7-11)19-15(21)13-9-17-10(2)8-18-13/h4-9H,3H2,1-2H3,(H,16,20)(H,19,21). The summed E-state index contributed by atoms with van der Waals surface area (Å²) in [7, 11) is 0. The van der Waals surface area contributed by atoms with Crippen LogP contribution in [0.15, 0.2) is 36.7 Å². The number of rotatable bonds is 4. The minimum atomic E-state index is -0.365. The summed E-state index contributed by atoms with van der Waals surface area (Å²) >= 11 is 0. The minimum absolute atomic E-state index is 0.177. The van der Waals surface area contributed by atoms with Crippen LogP contribution in [0.2, 0.25) is 0 Å². The minimum Gasteiger partial charge on any atom is -0.352 e. The third-order valence-corrected chi connectivity index (χ3v) is 2.73. The Bertz CT molecular complexity index is 653. The van der Waals surface area contributed by atoms with Crippen LogP contribution in [0.4, 0.5) is 5.69 Å². The predicted octanol–water partition coefficient (Wildman–Crippen LogP) is 1.79. The van der Waals surface area contributed by atoms with Crippen LogP contribution in [0.1, 0.15) is 33.5 Å². The Hall–Kier alpha value is -2.76. The highest BCUT2D eigenvalue weighted by Gasteiger charge is 2.10. The predicted molar refractivity (Wildman–Crippen MR) is 79.2 cm³/mol. The van der Waals surface area contributed by atoms with Crippen molar-refractivity contribution >= 4 is 17.5 Å². The van der Waals surface area contributed by atoms with Crippen molar-refractivity contribution in [3.8, 4) is 0 Å². The van der Waals surface area contributed by atoms with Crippen LogP contribution in [-0.4, -0.2) is 28.3 Å². The average molecular weight is 284 g/mol. The number of nitrogens with one attached hydrogen (secondary N) is 2. The fourth-order valence-corrected chi connectivity index (χ4v) is 1.71. The first kappa shape index (κ1) is 14.6. The molecule has 0 radical (unpaired) electrons. The number of aryl methyl sites for hydroxylation is 1. The van der Waals surface area contributed by atoms with E-state index >= 15 is 0 Å². The zero-order valence-corrected chi connectivity index (χ0v) is 11.9. The van der Waals surface area contributed by atoms with Crippen molar-refractivity contribution < 1.29 is 9.59 Å². The maximum Gasteiger partial charge on any atom is 0.275 e. The largest absolute Gasteiger partial charge is 0.352 e. The van der Waals surface area contributed by atoms with Gasteiger partial charge in [-0.05, 0) is 32.0 Å². The maximum absolute atomic E-state index is 12.0. The number of benzene rings is 1. The summed E-state index contributed by atoms with van der Waals surface area (Å²) in [6.07, 6.45) is 2.94. The van der Waals surface area contributed by atoms with Crippen LogP contribution in [-0.2, 0) is 0 Å². The van der Waals surface area contributed by atoms with Gasteiger partial charge in [0.05, 0.1) is 11.9 Å². The van der Waals surface area contributed by atoms with E-state index in [0.29, 0.717) is 17.8 Å². The van der Waals surface area contributed by atoms with E-state index in [0.717, 1.165) is 5.69 Å². The molecule has 0 saturated heterocycles. The Morgan fingerprint density at radius 2 is 1.95 bits per heavy atom. The fourth-order valence-electron chi connectivity index (χ4n) is 1.71. The first-order valence-electron chi connectivity index (χ1n) is 6.58. The monoisotopic (exact) mass is 284 g/mol. The zero-order valence-electron chi connectivity index (χ0n) is 11.9. The van der Waals surface area contributed by atoms with E-state index in [2.05, 4.69) is 20.6 Å². The van der Waals surface area contributed by atoms with Crippen molar-refractivity contribution in [2.75, 3.05) is 11.9 Å². The molecule has 2 amide bonds. The van der Waals surface area contributed by atoms with Crippen LogP contribution < -0.4 is 10.6 Å². The molecule has 6 heteroatoms. The van der Waals surface area contributed by atoms with E-state index in [1.165, 1.54) is 12.4 Å². The smallest absolute Gasteiger partial charge is 0.275 e. The van der Waals surface area contributed by atoms with E-state index in [1.807, 2.05) is 6.92 Å². The van der Waals surface area contributed by atoms with Gasteiger partial charge in [0.15, 0.2) is 0 Å². The van der Waals surface area contributed by atoms with Crippen LogP contribution in [0, 0.1) is 6.92 Å². The van der Waals surface area contributed by atoms with Crippen LogP contribution in [0.3, 0.4) is 0 Å². The Balaban J connectivity index is 2.12. The van der Waals surface area contributed by atoms with Gasteiger partial charge in [0.2, 0.25) is 0 Å². The van der Waals surface area contributed by atoms with Gasteiger partial charge in [-0.1, -0.05) is 6.07 Å². The first-order valence-corrected chi connectivity index (χ1v) is 6.58. The van der Waals surface area contributed by atoms with E-state index in [9.17, 15) is 9.59 Å². The Morgan fingerprint density at radius 3 is 2.62 bits per heavy atom. The molecular formula is C15H16N4O2. The Morgan fingerprint density at radius 1 is 1.14 bits per heavy atom. The lowest BCUT2D eigenvalue weighted by molar-refractivity contribution is 0.0954. The second-order valence-corrected chi connectivity index (χ2v) is 4.44. The van der Waals surface area contributed by atoms with Gasteiger partial charge < -0.3 is 10.6 Å². The second kappa shape index (κ2) is 6.60. The molecule has 1 aromatic heterocycles. The molecule has 0 saturated carbocycles. The highest BCUT2D eigenvalue weighted by molar-refractivity contribution is 6.03. The molecule has 21 heavy (non-hydrogen) atoms. The van der Waals surface area contributed by atoms with Crippen LogP contribution >= 0.6 is 0 Å². The summed E-state index contributed by atoms with van der Waals surface area (Å²) < 4.78 is 0. The normalized spacial score (nSPS) is 10.0. The molecule has 1 aromatic carbocycles. The van der Waals surface area contributed by atoms with Gasteiger partial charge in [-0.3, -0.25) is 14.6 Å². The quantitative estimate of drug-likeness (QED) is 0.896. The van der Waals surface area contributed by atoms with Gasteiger partial charge in [-0.25, -0.2) is 4.98 Å². The third-order valence-electron chi connectivity index (χ3n) is 2.73. The SMILES string of the molecule is CCNC(=O)c1cccc(NC(=O)c2cnc(C)cn2)c1.